The largest absolute Gasteiger partial charge is 0.477 e. The third kappa shape index (κ3) is 5.00. The van der Waals surface area contributed by atoms with Crippen molar-refractivity contribution in [1.29, 1.82) is 0 Å². The van der Waals surface area contributed by atoms with E-state index >= 15 is 0 Å². The molecule has 4 nitrogen and oxygen atoms in total. The molecule has 2 N–H and O–H groups in total. The molecule has 0 aromatic carbocycles. The molecule has 1 amide bonds. The quantitative estimate of drug-likeness (QED) is 0.651. The van der Waals surface area contributed by atoms with Gasteiger partial charge in [0.1, 0.15) is 0 Å². The molecule has 0 heterocycles. The molecule has 0 bridgehead atoms. The highest BCUT2D eigenvalue weighted by atomic mass is 32.2. The molecule has 0 saturated carbocycles. The van der Waals surface area contributed by atoms with Gasteiger partial charge in [0.2, 0.25) is 5.91 Å². The lowest BCUT2D eigenvalue weighted by Crippen LogP contribution is -2.31. The summed E-state index contributed by atoms with van der Waals surface area (Å²) in [4.78, 5) is 20.6. The van der Waals surface area contributed by atoms with Crippen LogP contribution in [0.5, 0.6) is 0 Å². The number of carboxylic acid groups (broad SMARTS) is 1. The average molecular weight is 227 g/mol. The molecule has 0 saturated heterocycles. The molecule has 0 rings (SSSR count). The van der Waals surface area contributed by atoms with Crippen LogP contribution >= 0.6 is 11.8 Å². The molecule has 82 valence electrons. The van der Waals surface area contributed by atoms with Crippen LogP contribution < -0.4 is 5.32 Å². The summed E-state index contributed by atoms with van der Waals surface area (Å²) in [5.74, 6) is -6.73. The smallest absolute Gasteiger partial charge is 0.375 e. The maximum absolute atomic E-state index is 12.4. The van der Waals surface area contributed by atoms with Gasteiger partial charge in [-0.1, -0.05) is 0 Å². The molecule has 0 aromatic rings. The van der Waals surface area contributed by atoms with Gasteiger partial charge >= 0.3 is 11.9 Å². The minimum absolute atomic E-state index is 0.108. The van der Waals surface area contributed by atoms with Crippen molar-refractivity contribution in [2.75, 3.05) is 18.6 Å². The summed E-state index contributed by atoms with van der Waals surface area (Å²) < 4.78 is 24.9. The SMILES string of the molecule is CNC(=O)CCSCC(F)(F)C(=O)O. The number of thioether (sulfide) groups is 1. The predicted octanol–water partition coefficient (Wildman–Crippen LogP) is 0.576. The van der Waals surface area contributed by atoms with Crippen LogP contribution in [-0.4, -0.2) is 41.5 Å². The van der Waals surface area contributed by atoms with Gasteiger partial charge in [-0.25, -0.2) is 4.79 Å². The summed E-state index contributed by atoms with van der Waals surface area (Å²) in [5.41, 5.74) is 0. The highest BCUT2D eigenvalue weighted by Gasteiger charge is 2.38. The van der Waals surface area contributed by atoms with Gasteiger partial charge in [0.05, 0.1) is 5.75 Å². The highest BCUT2D eigenvalue weighted by Crippen LogP contribution is 2.20. The lowest BCUT2D eigenvalue weighted by atomic mass is 10.4. The summed E-state index contributed by atoms with van der Waals surface area (Å²) in [6.07, 6.45) is 0.108. The van der Waals surface area contributed by atoms with E-state index in [4.69, 9.17) is 5.11 Å². The van der Waals surface area contributed by atoms with E-state index in [-0.39, 0.29) is 18.1 Å². The van der Waals surface area contributed by atoms with Gasteiger partial charge in [-0.2, -0.15) is 20.5 Å². The van der Waals surface area contributed by atoms with Crippen molar-refractivity contribution in [3.8, 4) is 0 Å². The van der Waals surface area contributed by atoms with E-state index in [1.807, 2.05) is 0 Å². The van der Waals surface area contributed by atoms with Gasteiger partial charge < -0.3 is 10.4 Å². The maximum atomic E-state index is 12.4. The topological polar surface area (TPSA) is 66.4 Å². The van der Waals surface area contributed by atoms with Crippen molar-refractivity contribution >= 4 is 23.6 Å². The standard InChI is InChI=1S/C7H11F2NO3S/c1-10-5(11)2-3-14-4-7(8,9)6(12)13/h2-4H2,1H3,(H,10,11)(H,12,13). The number of halogens is 2. The van der Waals surface area contributed by atoms with Gasteiger partial charge in [-0.15, -0.1) is 0 Å². The van der Waals surface area contributed by atoms with Crippen LogP contribution in [0.25, 0.3) is 0 Å². The Morgan fingerprint density at radius 1 is 1.50 bits per heavy atom. The van der Waals surface area contributed by atoms with Gasteiger partial charge in [-0.3, -0.25) is 4.79 Å². The van der Waals surface area contributed by atoms with Crippen LogP contribution in [0.3, 0.4) is 0 Å². The van der Waals surface area contributed by atoms with E-state index in [9.17, 15) is 18.4 Å². The number of amides is 1. The number of carboxylic acids is 1. The fraction of sp³-hybridized carbons (Fsp3) is 0.714. The first-order chi connectivity index (χ1) is 6.40. The first kappa shape index (κ1) is 13.2. The average Bonchev–Trinajstić information content (AvgIpc) is 2.11. The summed E-state index contributed by atoms with van der Waals surface area (Å²) in [7, 11) is 1.44. The molecular formula is C7H11F2NO3S. The Labute approximate surface area is 84.1 Å². The van der Waals surface area contributed by atoms with Crippen molar-refractivity contribution in [3.63, 3.8) is 0 Å². The van der Waals surface area contributed by atoms with Crippen molar-refractivity contribution < 1.29 is 23.5 Å². The number of hydrogen-bond donors (Lipinski definition) is 2. The lowest BCUT2D eigenvalue weighted by Gasteiger charge is -2.09. The second-order valence-corrected chi connectivity index (χ2v) is 3.59. The monoisotopic (exact) mass is 227 g/mol. The molecule has 0 unspecified atom stereocenters. The summed E-state index contributed by atoms with van der Waals surface area (Å²) in [5, 5.41) is 10.4. The van der Waals surface area contributed by atoms with Crippen LogP contribution in [0.15, 0.2) is 0 Å². The summed E-state index contributed by atoms with van der Waals surface area (Å²) in [6.45, 7) is 0. The van der Waals surface area contributed by atoms with Gasteiger partial charge in [-0.05, 0) is 0 Å². The van der Waals surface area contributed by atoms with Crippen molar-refractivity contribution in [1.82, 2.24) is 5.32 Å². The minimum atomic E-state index is -3.71. The molecule has 0 aliphatic rings. The Kier molecular flexibility index (Phi) is 5.44. The fourth-order valence-corrected chi connectivity index (χ4v) is 1.41. The van der Waals surface area contributed by atoms with Crippen LogP contribution in [0, 0.1) is 0 Å². The Balaban J connectivity index is 3.64. The number of nitrogens with one attached hydrogen (secondary N) is 1. The zero-order chi connectivity index (χ0) is 11.2. The van der Waals surface area contributed by atoms with Crippen molar-refractivity contribution in [2.24, 2.45) is 0 Å². The summed E-state index contributed by atoms with van der Waals surface area (Å²) in [6, 6.07) is 0. The number of carbonyl (C=O) groups is 2. The number of rotatable bonds is 6. The zero-order valence-corrected chi connectivity index (χ0v) is 8.37. The van der Waals surface area contributed by atoms with Gasteiger partial charge in [0.15, 0.2) is 0 Å². The van der Waals surface area contributed by atoms with Crippen LogP contribution in [0.1, 0.15) is 6.42 Å². The number of aliphatic carboxylic acids is 1. The first-order valence-electron chi connectivity index (χ1n) is 3.79. The van der Waals surface area contributed by atoms with E-state index < -0.39 is 17.6 Å². The first-order valence-corrected chi connectivity index (χ1v) is 4.95. The zero-order valence-electron chi connectivity index (χ0n) is 7.55. The lowest BCUT2D eigenvalue weighted by molar-refractivity contribution is -0.161. The molecular weight excluding hydrogens is 216 g/mol. The molecule has 0 atom stereocenters. The maximum Gasteiger partial charge on any atom is 0.375 e. The van der Waals surface area contributed by atoms with Gasteiger partial charge in [0.25, 0.3) is 0 Å². The van der Waals surface area contributed by atoms with E-state index in [0.29, 0.717) is 0 Å². The van der Waals surface area contributed by atoms with Gasteiger partial charge in [0, 0.05) is 19.2 Å². The number of alkyl halides is 2. The highest BCUT2D eigenvalue weighted by molar-refractivity contribution is 7.99. The Hall–Kier alpha value is -0.850. The molecule has 0 spiro atoms. The minimum Gasteiger partial charge on any atom is -0.477 e. The normalized spacial score (nSPS) is 11.1. The van der Waals surface area contributed by atoms with E-state index in [0.717, 1.165) is 11.8 Å². The third-order valence-electron chi connectivity index (χ3n) is 1.35. The number of carbonyl (C=O) groups excluding carboxylic acids is 1. The van der Waals surface area contributed by atoms with Crippen molar-refractivity contribution in [3.05, 3.63) is 0 Å². The number of hydrogen-bond acceptors (Lipinski definition) is 3. The molecule has 0 aliphatic heterocycles. The molecule has 14 heavy (non-hydrogen) atoms. The van der Waals surface area contributed by atoms with E-state index in [1.165, 1.54) is 7.05 Å². The van der Waals surface area contributed by atoms with E-state index in [2.05, 4.69) is 5.32 Å². The Bertz CT molecular complexity index is 223. The molecule has 0 fully saturated rings. The van der Waals surface area contributed by atoms with E-state index in [1.54, 1.807) is 0 Å². The second-order valence-electron chi connectivity index (χ2n) is 2.49. The Morgan fingerprint density at radius 3 is 2.50 bits per heavy atom. The molecule has 0 radical (unpaired) electrons. The second kappa shape index (κ2) is 5.79. The van der Waals surface area contributed by atoms with Crippen LogP contribution in [-0.2, 0) is 9.59 Å². The third-order valence-corrected chi connectivity index (χ3v) is 2.41. The molecule has 0 aliphatic carbocycles. The summed E-state index contributed by atoms with van der Waals surface area (Å²) >= 11 is 0.741. The van der Waals surface area contributed by atoms with Crippen LogP contribution in [0.4, 0.5) is 8.78 Å². The molecule has 0 aromatic heterocycles. The van der Waals surface area contributed by atoms with Crippen molar-refractivity contribution in [2.45, 2.75) is 12.3 Å². The van der Waals surface area contributed by atoms with Crippen LogP contribution in [0.2, 0.25) is 0 Å². The fourth-order valence-electron chi connectivity index (χ4n) is 0.552. The molecule has 7 heteroatoms. The Morgan fingerprint density at radius 2 is 2.07 bits per heavy atom. The predicted molar refractivity (Wildman–Crippen MR) is 48.6 cm³/mol.